The number of nitrogens with one attached hydrogen (secondary N) is 1. The molecule has 3 aromatic rings. The van der Waals surface area contributed by atoms with Gasteiger partial charge in [-0.2, -0.15) is 0 Å². The second kappa shape index (κ2) is 7.88. The number of carbonyl (C=O) groups is 1. The van der Waals surface area contributed by atoms with Crippen LogP contribution in [0.15, 0.2) is 56.7 Å². The third-order valence-corrected chi connectivity index (χ3v) is 5.53. The van der Waals surface area contributed by atoms with E-state index in [1.54, 1.807) is 12.3 Å². The van der Waals surface area contributed by atoms with Crippen LogP contribution in [0.4, 0.5) is 5.69 Å². The van der Waals surface area contributed by atoms with Gasteiger partial charge >= 0.3 is 0 Å². The summed E-state index contributed by atoms with van der Waals surface area (Å²) in [6.07, 6.45) is 2.27. The molecule has 0 spiro atoms. The van der Waals surface area contributed by atoms with Crippen molar-refractivity contribution < 1.29 is 9.21 Å². The molecule has 0 aliphatic heterocycles. The van der Waals surface area contributed by atoms with Gasteiger partial charge in [-0.3, -0.25) is 4.79 Å². The summed E-state index contributed by atoms with van der Waals surface area (Å²) in [6, 6.07) is 11.1. The molecule has 6 nitrogen and oxygen atoms in total. The molecular formula is C17H17BrN4O2S. The van der Waals surface area contributed by atoms with Crippen LogP contribution < -0.4 is 5.32 Å². The average Bonchev–Trinajstić information content (AvgIpc) is 3.24. The van der Waals surface area contributed by atoms with Gasteiger partial charge in [-0.15, -0.1) is 10.2 Å². The standard InChI is InChI=1S/C17H17BrN4O2S/c1-3-14(16(23)19-12-8-6-11(18)7-9-12)25-17-21-20-15(22(17)2)13-5-4-10-24-13/h4-10,14H,3H2,1-2H3,(H,19,23). The Balaban J connectivity index is 1.71. The van der Waals surface area contributed by atoms with E-state index in [4.69, 9.17) is 4.42 Å². The van der Waals surface area contributed by atoms with Crippen molar-refractivity contribution in [1.29, 1.82) is 0 Å². The molecule has 0 aliphatic carbocycles. The molecule has 0 bridgehead atoms. The molecule has 3 rings (SSSR count). The van der Waals surface area contributed by atoms with Crippen LogP contribution in [0.25, 0.3) is 11.6 Å². The molecule has 2 aromatic heterocycles. The summed E-state index contributed by atoms with van der Waals surface area (Å²) in [5, 5.41) is 11.7. The molecule has 1 amide bonds. The van der Waals surface area contributed by atoms with Crippen LogP contribution in [-0.2, 0) is 11.8 Å². The first kappa shape index (κ1) is 17.8. The first-order valence-electron chi connectivity index (χ1n) is 7.75. The minimum atomic E-state index is -0.268. The van der Waals surface area contributed by atoms with Gasteiger partial charge < -0.3 is 14.3 Å². The number of hydrogen-bond donors (Lipinski definition) is 1. The number of rotatable bonds is 6. The predicted octanol–water partition coefficient (Wildman–Crippen LogP) is 4.35. The van der Waals surface area contributed by atoms with E-state index in [0.717, 1.165) is 10.2 Å². The number of aromatic nitrogens is 3. The van der Waals surface area contributed by atoms with Gasteiger partial charge in [-0.1, -0.05) is 34.6 Å². The number of thioether (sulfide) groups is 1. The van der Waals surface area contributed by atoms with Crippen LogP contribution in [0.3, 0.4) is 0 Å². The first-order chi connectivity index (χ1) is 12.1. The lowest BCUT2D eigenvalue weighted by molar-refractivity contribution is -0.115. The number of anilines is 1. The highest BCUT2D eigenvalue weighted by Gasteiger charge is 2.22. The summed E-state index contributed by atoms with van der Waals surface area (Å²) in [6.45, 7) is 1.97. The van der Waals surface area contributed by atoms with Crippen molar-refractivity contribution in [3.63, 3.8) is 0 Å². The second-order valence-corrected chi connectivity index (χ2v) is 7.44. The molecule has 1 unspecified atom stereocenters. The van der Waals surface area contributed by atoms with Crippen LogP contribution in [0.2, 0.25) is 0 Å². The third-order valence-electron chi connectivity index (χ3n) is 3.60. The Morgan fingerprint density at radius 1 is 1.32 bits per heavy atom. The summed E-state index contributed by atoms with van der Waals surface area (Å²) < 4.78 is 8.17. The molecule has 25 heavy (non-hydrogen) atoms. The van der Waals surface area contributed by atoms with Gasteiger partial charge in [0.25, 0.3) is 0 Å². The number of hydrogen-bond acceptors (Lipinski definition) is 5. The van der Waals surface area contributed by atoms with Crippen molar-refractivity contribution in [2.75, 3.05) is 5.32 Å². The third kappa shape index (κ3) is 4.13. The lowest BCUT2D eigenvalue weighted by atomic mass is 10.3. The van der Waals surface area contributed by atoms with E-state index in [9.17, 15) is 4.79 Å². The maximum Gasteiger partial charge on any atom is 0.237 e. The van der Waals surface area contributed by atoms with Gasteiger partial charge in [0.2, 0.25) is 5.91 Å². The van der Waals surface area contributed by atoms with E-state index in [1.807, 2.05) is 48.9 Å². The Labute approximate surface area is 158 Å². The molecule has 1 N–H and O–H groups in total. The molecule has 130 valence electrons. The topological polar surface area (TPSA) is 73.0 Å². The zero-order chi connectivity index (χ0) is 17.8. The fourth-order valence-corrected chi connectivity index (χ4v) is 3.43. The largest absolute Gasteiger partial charge is 0.461 e. The Morgan fingerprint density at radius 3 is 2.72 bits per heavy atom. The van der Waals surface area contributed by atoms with E-state index in [0.29, 0.717) is 23.2 Å². The van der Waals surface area contributed by atoms with E-state index < -0.39 is 0 Å². The van der Waals surface area contributed by atoms with E-state index in [2.05, 4.69) is 31.4 Å². The van der Waals surface area contributed by atoms with Crippen LogP contribution in [0.1, 0.15) is 13.3 Å². The number of furan rings is 1. The average molecular weight is 421 g/mol. The SMILES string of the molecule is CCC(Sc1nnc(-c2ccco2)n1C)C(=O)Nc1ccc(Br)cc1. The van der Waals surface area contributed by atoms with Crippen molar-refractivity contribution in [2.45, 2.75) is 23.8 Å². The zero-order valence-electron chi connectivity index (χ0n) is 13.8. The van der Waals surface area contributed by atoms with Gasteiger partial charge in [0.05, 0.1) is 11.5 Å². The molecule has 8 heteroatoms. The fourth-order valence-electron chi connectivity index (χ4n) is 2.24. The van der Waals surface area contributed by atoms with Gasteiger partial charge in [0.1, 0.15) is 0 Å². The summed E-state index contributed by atoms with van der Waals surface area (Å²) in [5.74, 6) is 1.22. The molecule has 0 radical (unpaired) electrons. The molecule has 0 saturated heterocycles. The van der Waals surface area contributed by atoms with Crippen molar-refractivity contribution >= 4 is 39.3 Å². The summed E-state index contributed by atoms with van der Waals surface area (Å²) >= 11 is 4.77. The number of benzene rings is 1. The lowest BCUT2D eigenvalue weighted by Crippen LogP contribution is -2.25. The summed E-state index contributed by atoms with van der Waals surface area (Å²) in [7, 11) is 1.86. The summed E-state index contributed by atoms with van der Waals surface area (Å²) in [5.41, 5.74) is 0.765. The van der Waals surface area contributed by atoms with E-state index >= 15 is 0 Å². The van der Waals surface area contributed by atoms with E-state index in [-0.39, 0.29) is 11.2 Å². The van der Waals surface area contributed by atoms with Crippen LogP contribution in [-0.4, -0.2) is 25.9 Å². The molecule has 1 aromatic carbocycles. The minimum absolute atomic E-state index is 0.0580. The Hall–Kier alpha value is -2.06. The quantitative estimate of drug-likeness (QED) is 0.600. The monoisotopic (exact) mass is 420 g/mol. The smallest absolute Gasteiger partial charge is 0.237 e. The summed E-state index contributed by atoms with van der Waals surface area (Å²) in [4.78, 5) is 12.6. The second-order valence-electron chi connectivity index (χ2n) is 5.35. The van der Waals surface area contributed by atoms with Crippen molar-refractivity contribution in [2.24, 2.45) is 7.05 Å². The highest BCUT2D eigenvalue weighted by Crippen LogP contribution is 2.28. The van der Waals surface area contributed by atoms with E-state index in [1.165, 1.54) is 11.8 Å². The van der Waals surface area contributed by atoms with Crippen LogP contribution in [0.5, 0.6) is 0 Å². The van der Waals surface area contributed by atoms with Gasteiger partial charge in [0.15, 0.2) is 16.7 Å². The molecule has 2 heterocycles. The lowest BCUT2D eigenvalue weighted by Gasteiger charge is -2.14. The highest BCUT2D eigenvalue weighted by atomic mass is 79.9. The molecule has 0 aliphatic rings. The first-order valence-corrected chi connectivity index (χ1v) is 9.42. The minimum Gasteiger partial charge on any atom is -0.461 e. The fraction of sp³-hybridized carbons (Fsp3) is 0.235. The Morgan fingerprint density at radius 2 is 2.08 bits per heavy atom. The number of halogens is 1. The van der Waals surface area contributed by atoms with Crippen molar-refractivity contribution in [3.05, 3.63) is 47.1 Å². The number of amides is 1. The molecule has 0 fully saturated rings. The highest BCUT2D eigenvalue weighted by molar-refractivity contribution is 9.10. The molecular weight excluding hydrogens is 404 g/mol. The maximum atomic E-state index is 12.6. The van der Waals surface area contributed by atoms with Crippen LogP contribution in [0, 0.1) is 0 Å². The predicted molar refractivity (Wildman–Crippen MR) is 101 cm³/mol. The van der Waals surface area contributed by atoms with Crippen molar-refractivity contribution in [1.82, 2.24) is 14.8 Å². The van der Waals surface area contributed by atoms with Crippen molar-refractivity contribution in [3.8, 4) is 11.6 Å². The Bertz CT molecular complexity index is 846. The Kier molecular flexibility index (Phi) is 5.60. The van der Waals surface area contributed by atoms with Gasteiger partial charge in [0, 0.05) is 17.2 Å². The molecule has 1 atom stereocenters. The van der Waals surface area contributed by atoms with Gasteiger partial charge in [-0.05, 0) is 42.8 Å². The molecule has 0 saturated carbocycles. The number of carbonyl (C=O) groups excluding carboxylic acids is 1. The maximum absolute atomic E-state index is 12.6. The zero-order valence-corrected chi connectivity index (χ0v) is 16.2. The van der Waals surface area contributed by atoms with Gasteiger partial charge in [-0.25, -0.2) is 0 Å². The number of nitrogens with zero attached hydrogens (tertiary/aromatic N) is 3. The van der Waals surface area contributed by atoms with Crippen LogP contribution >= 0.6 is 27.7 Å². The normalized spacial score (nSPS) is 12.1.